The van der Waals surface area contributed by atoms with E-state index in [1.807, 2.05) is 0 Å². The number of rotatable bonds is 1. The lowest BCUT2D eigenvalue weighted by Crippen LogP contribution is -2.35. The van der Waals surface area contributed by atoms with Gasteiger partial charge in [0.15, 0.2) is 0 Å². The van der Waals surface area contributed by atoms with Crippen molar-refractivity contribution in [1.82, 2.24) is 0 Å². The quantitative estimate of drug-likeness (QED) is 0.809. The third kappa shape index (κ3) is 2.41. The van der Waals surface area contributed by atoms with Crippen molar-refractivity contribution in [2.45, 2.75) is 18.1 Å². The molecule has 0 aliphatic heterocycles. The first kappa shape index (κ1) is 12.7. The Kier molecular flexibility index (Phi) is 2.94. The second kappa shape index (κ2) is 4.17. The molecule has 0 spiro atoms. The lowest BCUT2D eigenvalue weighted by molar-refractivity contribution is -0.137. The monoisotopic (exact) mass is 254 g/mol. The summed E-state index contributed by atoms with van der Waals surface area (Å²) in [6.45, 7) is 0. The van der Waals surface area contributed by atoms with Crippen LogP contribution in [0.2, 0.25) is 0 Å². The molecule has 18 heavy (non-hydrogen) atoms. The van der Waals surface area contributed by atoms with E-state index < -0.39 is 17.3 Å². The van der Waals surface area contributed by atoms with Crippen LogP contribution in [0.1, 0.15) is 17.5 Å². The highest BCUT2D eigenvalue weighted by Gasteiger charge is 2.33. The van der Waals surface area contributed by atoms with E-state index in [2.05, 4.69) is 0 Å². The maximum atomic E-state index is 12.6. The zero-order valence-electron chi connectivity index (χ0n) is 9.54. The Hall–Kier alpha value is -1.75. The Bertz CT molecular complexity index is 517. The molecule has 5 heteroatoms. The SMILES string of the molecule is NC1=CCC(N)(c2cccc(C(F)(F)F)c2)C=C1. The minimum atomic E-state index is -4.36. The van der Waals surface area contributed by atoms with Gasteiger partial charge in [0.2, 0.25) is 0 Å². The van der Waals surface area contributed by atoms with Crippen LogP contribution in [0.15, 0.2) is 48.2 Å². The Labute approximate surface area is 103 Å². The molecule has 1 aromatic rings. The molecule has 0 aromatic heterocycles. The summed E-state index contributed by atoms with van der Waals surface area (Å²) in [5.41, 5.74) is 11.1. The van der Waals surface area contributed by atoms with Crippen molar-refractivity contribution in [3.63, 3.8) is 0 Å². The molecule has 0 fully saturated rings. The van der Waals surface area contributed by atoms with E-state index in [-0.39, 0.29) is 0 Å². The Morgan fingerprint density at radius 3 is 2.50 bits per heavy atom. The summed E-state index contributed by atoms with van der Waals surface area (Å²) in [4.78, 5) is 0. The van der Waals surface area contributed by atoms with Gasteiger partial charge in [-0.2, -0.15) is 13.2 Å². The molecule has 0 saturated carbocycles. The maximum absolute atomic E-state index is 12.6. The van der Waals surface area contributed by atoms with E-state index in [1.54, 1.807) is 24.3 Å². The lowest BCUT2D eigenvalue weighted by atomic mass is 9.83. The van der Waals surface area contributed by atoms with Gasteiger partial charge in [-0.1, -0.05) is 24.3 Å². The molecular weight excluding hydrogens is 241 g/mol. The highest BCUT2D eigenvalue weighted by Crippen LogP contribution is 2.34. The number of halogens is 3. The molecular formula is C13H13F3N2. The standard InChI is InChI=1S/C13H13F3N2/c14-13(15,16)10-3-1-2-9(8-10)12(18)6-4-11(17)5-7-12/h1-6,8H,7,17-18H2. The van der Waals surface area contributed by atoms with Gasteiger partial charge in [0.05, 0.1) is 11.1 Å². The van der Waals surface area contributed by atoms with Crippen molar-refractivity contribution in [3.05, 3.63) is 59.3 Å². The molecule has 1 unspecified atom stereocenters. The van der Waals surface area contributed by atoms with Gasteiger partial charge >= 0.3 is 6.18 Å². The van der Waals surface area contributed by atoms with Crippen LogP contribution in [0.25, 0.3) is 0 Å². The average molecular weight is 254 g/mol. The van der Waals surface area contributed by atoms with Gasteiger partial charge in [-0.3, -0.25) is 0 Å². The van der Waals surface area contributed by atoms with Crippen LogP contribution in [-0.2, 0) is 11.7 Å². The number of benzene rings is 1. The van der Waals surface area contributed by atoms with Crippen LogP contribution in [0, 0.1) is 0 Å². The van der Waals surface area contributed by atoms with Crippen molar-refractivity contribution in [2.24, 2.45) is 11.5 Å². The van der Waals surface area contributed by atoms with E-state index in [4.69, 9.17) is 11.5 Å². The van der Waals surface area contributed by atoms with Gasteiger partial charge in [-0.05, 0) is 30.2 Å². The first-order valence-corrected chi connectivity index (χ1v) is 5.43. The van der Waals surface area contributed by atoms with Crippen LogP contribution in [0.4, 0.5) is 13.2 Å². The molecule has 0 heterocycles. The number of hydrogen-bond acceptors (Lipinski definition) is 2. The predicted octanol–water partition coefficient (Wildman–Crippen LogP) is 2.66. The topological polar surface area (TPSA) is 52.0 Å². The van der Waals surface area contributed by atoms with Gasteiger partial charge in [0, 0.05) is 5.70 Å². The average Bonchev–Trinajstić information content (AvgIpc) is 2.32. The highest BCUT2D eigenvalue weighted by atomic mass is 19.4. The minimum Gasteiger partial charge on any atom is -0.399 e. The first-order valence-electron chi connectivity index (χ1n) is 5.43. The number of hydrogen-bond donors (Lipinski definition) is 2. The van der Waals surface area contributed by atoms with Crippen LogP contribution >= 0.6 is 0 Å². The van der Waals surface area contributed by atoms with Crippen molar-refractivity contribution < 1.29 is 13.2 Å². The predicted molar refractivity (Wildman–Crippen MR) is 63.3 cm³/mol. The smallest absolute Gasteiger partial charge is 0.399 e. The van der Waals surface area contributed by atoms with E-state index in [0.29, 0.717) is 17.7 Å². The third-order valence-electron chi connectivity index (χ3n) is 2.98. The molecule has 1 aliphatic carbocycles. The Balaban J connectivity index is 2.38. The number of nitrogens with two attached hydrogens (primary N) is 2. The first-order chi connectivity index (χ1) is 8.31. The highest BCUT2D eigenvalue weighted by molar-refractivity contribution is 5.39. The molecule has 96 valence electrons. The van der Waals surface area contributed by atoms with E-state index >= 15 is 0 Å². The largest absolute Gasteiger partial charge is 0.416 e. The lowest BCUT2D eigenvalue weighted by Gasteiger charge is -2.28. The van der Waals surface area contributed by atoms with Gasteiger partial charge in [0.25, 0.3) is 0 Å². The third-order valence-corrected chi connectivity index (χ3v) is 2.98. The van der Waals surface area contributed by atoms with Gasteiger partial charge < -0.3 is 11.5 Å². The van der Waals surface area contributed by atoms with Gasteiger partial charge in [0.1, 0.15) is 0 Å². The number of allylic oxidation sites excluding steroid dienone is 1. The molecule has 2 nitrogen and oxygen atoms in total. The molecule has 1 atom stereocenters. The fraction of sp³-hybridized carbons (Fsp3) is 0.231. The molecule has 0 saturated heterocycles. The second-order valence-electron chi connectivity index (χ2n) is 4.36. The summed E-state index contributed by atoms with van der Waals surface area (Å²) < 4.78 is 37.9. The van der Waals surface area contributed by atoms with Crippen molar-refractivity contribution in [3.8, 4) is 0 Å². The summed E-state index contributed by atoms with van der Waals surface area (Å²) in [6, 6.07) is 5.07. The maximum Gasteiger partial charge on any atom is 0.416 e. The fourth-order valence-electron chi connectivity index (χ4n) is 1.87. The van der Waals surface area contributed by atoms with E-state index in [1.165, 1.54) is 6.07 Å². The zero-order valence-corrected chi connectivity index (χ0v) is 9.54. The molecule has 0 radical (unpaired) electrons. The van der Waals surface area contributed by atoms with Crippen LogP contribution in [0.5, 0.6) is 0 Å². The fourth-order valence-corrected chi connectivity index (χ4v) is 1.87. The summed E-state index contributed by atoms with van der Waals surface area (Å²) >= 11 is 0. The van der Waals surface area contributed by atoms with Crippen molar-refractivity contribution in [2.75, 3.05) is 0 Å². The van der Waals surface area contributed by atoms with Crippen LogP contribution < -0.4 is 11.5 Å². The second-order valence-corrected chi connectivity index (χ2v) is 4.36. The summed E-state index contributed by atoms with van der Waals surface area (Å²) in [5, 5.41) is 0. The summed E-state index contributed by atoms with van der Waals surface area (Å²) in [5.74, 6) is 0. The van der Waals surface area contributed by atoms with Crippen LogP contribution in [-0.4, -0.2) is 0 Å². The molecule has 2 rings (SSSR count). The zero-order chi connectivity index (χ0) is 13.4. The van der Waals surface area contributed by atoms with Gasteiger partial charge in [-0.15, -0.1) is 0 Å². The summed E-state index contributed by atoms with van der Waals surface area (Å²) in [7, 11) is 0. The molecule has 4 N–H and O–H groups in total. The normalized spacial score (nSPS) is 23.9. The van der Waals surface area contributed by atoms with Gasteiger partial charge in [-0.25, -0.2) is 0 Å². The molecule has 0 amide bonds. The van der Waals surface area contributed by atoms with E-state index in [9.17, 15) is 13.2 Å². The van der Waals surface area contributed by atoms with Crippen molar-refractivity contribution >= 4 is 0 Å². The Morgan fingerprint density at radius 2 is 1.94 bits per heavy atom. The van der Waals surface area contributed by atoms with Crippen LogP contribution in [0.3, 0.4) is 0 Å². The number of alkyl halides is 3. The molecule has 1 aromatic carbocycles. The summed E-state index contributed by atoms with van der Waals surface area (Å²) in [6.07, 6.45) is 0.984. The molecule has 0 bridgehead atoms. The minimum absolute atomic E-state index is 0.386. The van der Waals surface area contributed by atoms with E-state index in [0.717, 1.165) is 12.1 Å². The molecule has 1 aliphatic rings. The van der Waals surface area contributed by atoms with Crippen molar-refractivity contribution in [1.29, 1.82) is 0 Å². The Morgan fingerprint density at radius 1 is 1.22 bits per heavy atom.